The standard InChI is InChI=1S/C14H32N6.4ClH/c1-13(15)19-11-5-9-17-7-3-4-8-18-10-6-12-20-14(2)16;;;;/h17-18H,3-12H2,1-2H3,(H2,15,19)(H2,16,20);4*1H. The number of halogens is 4. The van der Waals surface area contributed by atoms with Gasteiger partial charge in [-0.15, -0.1) is 49.6 Å². The van der Waals surface area contributed by atoms with Crippen LogP contribution in [0, 0.1) is 0 Å². The first-order valence-electron chi connectivity index (χ1n) is 7.57. The van der Waals surface area contributed by atoms with E-state index in [4.69, 9.17) is 11.5 Å². The van der Waals surface area contributed by atoms with E-state index in [9.17, 15) is 0 Å². The molecule has 0 saturated carbocycles. The number of aliphatic imine (C=N–C) groups is 2. The van der Waals surface area contributed by atoms with Gasteiger partial charge in [-0.3, -0.25) is 9.98 Å². The van der Waals surface area contributed by atoms with Crippen molar-refractivity contribution >= 4 is 61.3 Å². The lowest BCUT2D eigenvalue weighted by Gasteiger charge is -2.05. The van der Waals surface area contributed by atoms with Crippen molar-refractivity contribution in [3.05, 3.63) is 0 Å². The molecule has 0 aromatic carbocycles. The molecule has 0 heterocycles. The van der Waals surface area contributed by atoms with Gasteiger partial charge >= 0.3 is 0 Å². The zero-order valence-corrected chi connectivity index (χ0v) is 18.0. The van der Waals surface area contributed by atoms with Crippen LogP contribution in [0.3, 0.4) is 0 Å². The summed E-state index contributed by atoms with van der Waals surface area (Å²) >= 11 is 0. The molecule has 150 valence electrons. The summed E-state index contributed by atoms with van der Waals surface area (Å²) in [5.41, 5.74) is 10.9. The second-order valence-electron chi connectivity index (χ2n) is 4.96. The molecular formula is C14H36Cl4N6. The van der Waals surface area contributed by atoms with Gasteiger partial charge < -0.3 is 22.1 Å². The van der Waals surface area contributed by atoms with E-state index in [1.165, 1.54) is 12.8 Å². The minimum absolute atomic E-state index is 0. The molecule has 6 N–H and O–H groups in total. The number of hydrogen-bond donors (Lipinski definition) is 4. The SMILES string of the molecule is CC(N)=NCCCNCCCCNCCCN=C(C)N.Cl.Cl.Cl.Cl. The van der Waals surface area contributed by atoms with E-state index in [2.05, 4.69) is 20.6 Å². The summed E-state index contributed by atoms with van der Waals surface area (Å²) < 4.78 is 0. The molecule has 0 fully saturated rings. The fourth-order valence-corrected chi connectivity index (χ4v) is 1.67. The highest BCUT2D eigenvalue weighted by molar-refractivity contribution is 5.86. The van der Waals surface area contributed by atoms with Gasteiger partial charge in [0, 0.05) is 13.1 Å². The number of rotatable bonds is 13. The first kappa shape index (κ1) is 35.2. The lowest BCUT2D eigenvalue weighted by molar-refractivity contribution is 0.570. The molecule has 0 aliphatic carbocycles. The maximum atomic E-state index is 5.46. The van der Waals surface area contributed by atoms with Crippen LogP contribution in [0.2, 0.25) is 0 Å². The lowest BCUT2D eigenvalue weighted by atomic mass is 10.3. The van der Waals surface area contributed by atoms with Gasteiger partial charge in [-0.1, -0.05) is 0 Å². The predicted octanol–water partition coefficient (Wildman–Crippen LogP) is 2.17. The monoisotopic (exact) mass is 428 g/mol. The van der Waals surface area contributed by atoms with Crippen molar-refractivity contribution in [1.82, 2.24) is 10.6 Å². The molecule has 0 aliphatic rings. The first-order chi connectivity index (χ1) is 9.63. The van der Waals surface area contributed by atoms with Gasteiger partial charge in [0.1, 0.15) is 0 Å². The Labute approximate surface area is 172 Å². The fourth-order valence-electron chi connectivity index (χ4n) is 1.67. The molecular weight excluding hydrogens is 394 g/mol. The molecule has 0 amide bonds. The van der Waals surface area contributed by atoms with Gasteiger partial charge in [0.25, 0.3) is 0 Å². The topological polar surface area (TPSA) is 101 Å². The van der Waals surface area contributed by atoms with Crippen molar-refractivity contribution in [2.75, 3.05) is 39.3 Å². The number of unbranched alkanes of at least 4 members (excludes halogenated alkanes) is 1. The number of nitrogens with two attached hydrogens (primary N) is 2. The molecule has 6 nitrogen and oxygen atoms in total. The van der Waals surface area contributed by atoms with E-state index in [1.54, 1.807) is 0 Å². The van der Waals surface area contributed by atoms with Crippen LogP contribution in [0.1, 0.15) is 39.5 Å². The van der Waals surface area contributed by atoms with Crippen LogP contribution in [0.5, 0.6) is 0 Å². The van der Waals surface area contributed by atoms with Crippen LogP contribution in [0.15, 0.2) is 9.98 Å². The van der Waals surface area contributed by atoms with Crippen molar-refractivity contribution in [2.24, 2.45) is 21.5 Å². The smallest absolute Gasteiger partial charge is 0.0905 e. The lowest BCUT2D eigenvalue weighted by Crippen LogP contribution is -2.21. The molecule has 0 atom stereocenters. The summed E-state index contributed by atoms with van der Waals surface area (Å²) in [5, 5.41) is 6.83. The minimum atomic E-state index is 0. The van der Waals surface area contributed by atoms with Gasteiger partial charge in [-0.2, -0.15) is 0 Å². The van der Waals surface area contributed by atoms with E-state index in [1.807, 2.05) is 13.8 Å². The summed E-state index contributed by atoms with van der Waals surface area (Å²) in [6.07, 6.45) is 4.50. The molecule has 0 spiro atoms. The molecule has 0 aliphatic heterocycles. The maximum absolute atomic E-state index is 5.46. The van der Waals surface area contributed by atoms with Gasteiger partial charge in [-0.25, -0.2) is 0 Å². The number of nitrogens with zero attached hydrogens (tertiary/aromatic N) is 2. The summed E-state index contributed by atoms with van der Waals surface area (Å²) in [6, 6.07) is 0. The van der Waals surface area contributed by atoms with Gasteiger partial charge in [0.2, 0.25) is 0 Å². The Morgan fingerprint density at radius 1 is 0.625 bits per heavy atom. The Bertz CT molecular complexity index is 254. The van der Waals surface area contributed by atoms with Crippen molar-refractivity contribution in [1.29, 1.82) is 0 Å². The van der Waals surface area contributed by atoms with E-state index >= 15 is 0 Å². The quantitative estimate of drug-likeness (QED) is 0.204. The van der Waals surface area contributed by atoms with Crippen LogP contribution in [-0.2, 0) is 0 Å². The zero-order valence-electron chi connectivity index (χ0n) is 14.8. The largest absolute Gasteiger partial charge is 0.388 e. The first-order valence-corrected chi connectivity index (χ1v) is 7.57. The van der Waals surface area contributed by atoms with Gasteiger partial charge in [0.15, 0.2) is 0 Å². The summed E-state index contributed by atoms with van der Waals surface area (Å²) in [4.78, 5) is 8.29. The maximum Gasteiger partial charge on any atom is 0.0905 e. The second-order valence-corrected chi connectivity index (χ2v) is 4.96. The minimum Gasteiger partial charge on any atom is -0.388 e. The predicted molar refractivity (Wildman–Crippen MR) is 118 cm³/mol. The third kappa shape index (κ3) is 33.6. The van der Waals surface area contributed by atoms with Crippen molar-refractivity contribution in [3.63, 3.8) is 0 Å². The Hall–Kier alpha value is 0.0200. The Morgan fingerprint density at radius 3 is 1.21 bits per heavy atom. The van der Waals surface area contributed by atoms with E-state index in [0.29, 0.717) is 11.7 Å². The summed E-state index contributed by atoms with van der Waals surface area (Å²) in [7, 11) is 0. The van der Waals surface area contributed by atoms with Crippen molar-refractivity contribution in [3.8, 4) is 0 Å². The highest BCUT2D eigenvalue weighted by Gasteiger charge is 1.91. The third-order valence-corrected chi connectivity index (χ3v) is 2.70. The van der Waals surface area contributed by atoms with Crippen LogP contribution in [0.25, 0.3) is 0 Å². The molecule has 0 rings (SSSR count). The average Bonchev–Trinajstić information content (AvgIpc) is 2.38. The highest BCUT2D eigenvalue weighted by Crippen LogP contribution is 1.87. The number of hydrogen-bond acceptors (Lipinski definition) is 4. The third-order valence-electron chi connectivity index (χ3n) is 2.70. The molecule has 0 unspecified atom stereocenters. The normalized spacial score (nSPS) is 10.8. The van der Waals surface area contributed by atoms with E-state index in [0.717, 1.165) is 52.1 Å². The van der Waals surface area contributed by atoms with Crippen molar-refractivity contribution < 1.29 is 0 Å². The van der Waals surface area contributed by atoms with E-state index in [-0.39, 0.29) is 49.6 Å². The highest BCUT2D eigenvalue weighted by atomic mass is 35.5. The molecule has 0 aromatic rings. The summed E-state index contributed by atoms with van der Waals surface area (Å²) in [5.74, 6) is 1.34. The average molecular weight is 430 g/mol. The molecule has 10 heteroatoms. The zero-order chi connectivity index (χ0) is 15.1. The molecule has 0 radical (unpaired) electrons. The molecule has 24 heavy (non-hydrogen) atoms. The fraction of sp³-hybridized carbons (Fsp3) is 0.857. The Kier molecular flexibility index (Phi) is 40.8. The molecule has 0 bridgehead atoms. The van der Waals surface area contributed by atoms with Crippen molar-refractivity contribution in [2.45, 2.75) is 39.5 Å². The molecule has 0 saturated heterocycles. The van der Waals surface area contributed by atoms with Crippen LogP contribution in [0.4, 0.5) is 0 Å². The second kappa shape index (κ2) is 27.8. The van der Waals surface area contributed by atoms with Gasteiger partial charge in [-0.05, 0) is 65.7 Å². The van der Waals surface area contributed by atoms with Crippen LogP contribution in [-0.4, -0.2) is 50.9 Å². The molecule has 0 aromatic heterocycles. The Balaban J connectivity index is -0.000000301. The number of nitrogens with one attached hydrogen (secondary N) is 2. The summed E-state index contributed by atoms with van der Waals surface area (Å²) in [6.45, 7) is 9.46. The van der Waals surface area contributed by atoms with E-state index < -0.39 is 0 Å². The van der Waals surface area contributed by atoms with Crippen LogP contribution < -0.4 is 22.1 Å². The van der Waals surface area contributed by atoms with Crippen LogP contribution >= 0.6 is 49.6 Å². The Morgan fingerprint density at radius 2 is 0.917 bits per heavy atom. The van der Waals surface area contributed by atoms with Gasteiger partial charge in [0.05, 0.1) is 11.7 Å². The number of amidine groups is 2.